The van der Waals surface area contributed by atoms with E-state index in [1.54, 1.807) is 0 Å². The molecule has 0 aliphatic rings. The Balaban J connectivity index is 2.21. The summed E-state index contributed by atoms with van der Waals surface area (Å²) < 4.78 is 0. The summed E-state index contributed by atoms with van der Waals surface area (Å²) in [6, 6.07) is 4.48. The molecule has 0 amide bonds. The summed E-state index contributed by atoms with van der Waals surface area (Å²) in [7, 11) is 0. The monoisotopic (exact) mass is 243 g/mol. The SMILES string of the molecule is CCCNC(C)/C(C)=C/c1c[nH]c2ncccc12. The van der Waals surface area contributed by atoms with E-state index >= 15 is 0 Å². The van der Waals surface area contributed by atoms with E-state index in [1.807, 2.05) is 18.5 Å². The van der Waals surface area contributed by atoms with Crippen molar-refractivity contribution in [1.29, 1.82) is 0 Å². The number of rotatable bonds is 5. The summed E-state index contributed by atoms with van der Waals surface area (Å²) in [4.78, 5) is 7.50. The second-order valence-electron chi connectivity index (χ2n) is 4.71. The van der Waals surface area contributed by atoms with Gasteiger partial charge in [0.05, 0.1) is 0 Å². The van der Waals surface area contributed by atoms with Crippen molar-refractivity contribution in [2.24, 2.45) is 0 Å². The Morgan fingerprint density at radius 3 is 3.17 bits per heavy atom. The molecule has 0 fully saturated rings. The maximum Gasteiger partial charge on any atom is 0.137 e. The Hall–Kier alpha value is -1.61. The molecule has 0 saturated carbocycles. The van der Waals surface area contributed by atoms with Crippen LogP contribution in [0.2, 0.25) is 0 Å². The highest BCUT2D eigenvalue weighted by atomic mass is 14.9. The molecule has 3 heteroatoms. The summed E-state index contributed by atoms with van der Waals surface area (Å²) in [5, 5.41) is 4.68. The molecule has 0 radical (unpaired) electrons. The summed E-state index contributed by atoms with van der Waals surface area (Å²) in [5.74, 6) is 0. The molecule has 2 aromatic rings. The highest BCUT2D eigenvalue weighted by Gasteiger charge is 2.05. The van der Waals surface area contributed by atoms with Crippen LogP contribution in [0.25, 0.3) is 17.1 Å². The van der Waals surface area contributed by atoms with Crippen molar-refractivity contribution >= 4 is 17.1 Å². The second kappa shape index (κ2) is 5.83. The van der Waals surface area contributed by atoms with Crippen molar-refractivity contribution in [1.82, 2.24) is 15.3 Å². The third-order valence-electron chi connectivity index (χ3n) is 3.25. The fourth-order valence-electron chi connectivity index (χ4n) is 1.99. The van der Waals surface area contributed by atoms with Crippen LogP contribution in [-0.2, 0) is 0 Å². The van der Waals surface area contributed by atoms with Crippen molar-refractivity contribution in [2.45, 2.75) is 33.2 Å². The largest absolute Gasteiger partial charge is 0.346 e. The smallest absolute Gasteiger partial charge is 0.137 e. The van der Waals surface area contributed by atoms with Crippen LogP contribution in [0, 0.1) is 0 Å². The zero-order valence-corrected chi connectivity index (χ0v) is 11.3. The van der Waals surface area contributed by atoms with Crippen LogP contribution in [0.15, 0.2) is 30.1 Å². The summed E-state index contributed by atoms with van der Waals surface area (Å²) in [6.07, 6.45) is 7.22. The maximum absolute atomic E-state index is 4.30. The predicted octanol–water partition coefficient (Wildman–Crippen LogP) is 3.35. The van der Waals surface area contributed by atoms with E-state index in [-0.39, 0.29) is 0 Å². The molecule has 2 aromatic heterocycles. The number of nitrogens with one attached hydrogen (secondary N) is 2. The van der Waals surface area contributed by atoms with Gasteiger partial charge >= 0.3 is 0 Å². The summed E-state index contributed by atoms with van der Waals surface area (Å²) in [6.45, 7) is 7.61. The molecule has 2 N–H and O–H groups in total. The molecule has 96 valence electrons. The van der Waals surface area contributed by atoms with Gasteiger partial charge in [-0.1, -0.05) is 18.6 Å². The van der Waals surface area contributed by atoms with Gasteiger partial charge in [-0.15, -0.1) is 0 Å². The number of hydrogen-bond donors (Lipinski definition) is 2. The van der Waals surface area contributed by atoms with Crippen LogP contribution in [0.4, 0.5) is 0 Å². The quantitative estimate of drug-likeness (QED) is 0.845. The van der Waals surface area contributed by atoms with E-state index in [0.717, 1.165) is 18.6 Å². The van der Waals surface area contributed by atoms with Crippen LogP contribution < -0.4 is 5.32 Å². The topological polar surface area (TPSA) is 40.7 Å². The lowest BCUT2D eigenvalue weighted by Crippen LogP contribution is -2.27. The van der Waals surface area contributed by atoms with Gasteiger partial charge in [0.2, 0.25) is 0 Å². The average Bonchev–Trinajstić information content (AvgIpc) is 2.79. The molecule has 2 rings (SSSR count). The Kier molecular flexibility index (Phi) is 4.15. The second-order valence-corrected chi connectivity index (χ2v) is 4.71. The van der Waals surface area contributed by atoms with Crippen molar-refractivity contribution in [2.75, 3.05) is 6.54 Å². The van der Waals surface area contributed by atoms with Gasteiger partial charge in [-0.2, -0.15) is 0 Å². The van der Waals surface area contributed by atoms with Crippen LogP contribution in [0.1, 0.15) is 32.8 Å². The summed E-state index contributed by atoms with van der Waals surface area (Å²) in [5.41, 5.74) is 3.50. The first-order valence-electron chi connectivity index (χ1n) is 6.56. The average molecular weight is 243 g/mol. The molecule has 0 aromatic carbocycles. The first-order valence-corrected chi connectivity index (χ1v) is 6.56. The van der Waals surface area contributed by atoms with Gasteiger partial charge < -0.3 is 10.3 Å². The summed E-state index contributed by atoms with van der Waals surface area (Å²) >= 11 is 0. The lowest BCUT2D eigenvalue weighted by molar-refractivity contribution is 0.604. The Labute approximate surface area is 108 Å². The van der Waals surface area contributed by atoms with E-state index in [0.29, 0.717) is 6.04 Å². The molecular weight excluding hydrogens is 222 g/mol. The highest BCUT2D eigenvalue weighted by molar-refractivity contribution is 5.86. The van der Waals surface area contributed by atoms with Gasteiger partial charge in [0.1, 0.15) is 5.65 Å². The fraction of sp³-hybridized carbons (Fsp3) is 0.400. The highest BCUT2D eigenvalue weighted by Crippen LogP contribution is 2.19. The molecule has 3 nitrogen and oxygen atoms in total. The standard InChI is InChI=1S/C15H21N3/c1-4-7-16-12(3)11(2)9-13-10-18-15-14(13)6-5-8-17-15/h5-6,8-10,12,16H,4,7H2,1-3H3,(H,17,18)/b11-9+. The van der Waals surface area contributed by atoms with E-state index in [1.165, 1.54) is 16.5 Å². The minimum Gasteiger partial charge on any atom is -0.346 e. The lowest BCUT2D eigenvalue weighted by atomic mass is 10.1. The van der Waals surface area contributed by atoms with Crippen LogP contribution in [-0.4, -0.2) is 22.6 Å². The Morgan fingerprint density at radius 2 is 2.39 bits per heavy atom. The van der Waals surface area contributed by atoms with E-state index in [4.69, 9.17) is 0 Å². The minimum absolute atomic E-state index is 0.409. The molecule has 0 spiro atoms. The van der Waals surface area contributed by atoms with Crippen LogP contribution >= 0.6 is 0 Å². The van der Waals surface area contributed by atoms with Crippen molar-refractivity contribution in [3.8, 4) is 0 Å². The molecule has 0 saturated heterocycles. The molecule has 0 aliphatic heterocycles. The zero-order chi connectivity index (χ0) is 13.0. The number of aromatic amines is 1. The number of H-pyrrole nitrogens is 1. The lowest BCUT2D eigenvalue weighted by Gasteiger charge is -2.13. The third kappa shape index (κ3) is 2.79. The van der Waals surface area contributed by atoms with Gasteiger partial charge in [-0.05, 0) is 38.9 Å². The van der Waals surface area contributed by atoms with E-state index < -0.39 is 0 Å². The van der Waals surface area contributed by atoms with E-state index in [2.05, 4.69) is 48.2 Å². The van der Waals surface area contributed by atoms with Gasteiger partial charge in [-0.25, -0.2) is 4.98 Å². The van der Waals surface area contributed by atoms with Crippen LogP contribution in [0.3, 0.4) is 0 Å². The predicted molar refractivity (Wildman–Crippen MR) is 77.5 cm³/mol. The molecule has 2 heterocycles. The first-order chi connectivity index (χ1) is 8.72. The minimum atomic E-state index is 0.409. The number of aromatic nitrogens is 2. The van der Waals surface area contributed by atoms with Crippen LogP contribution in [0.5, 0.6) is 0 Å². The Morgan fingerprint density at radius 1 is 1.56 bits per heavy atom. The normalized spacial score (nSPS) is 14.1. The van der Waals surface area contributed by atoms with Crippen molar-refractivity contribution in [3.63, 3.8) is 0 Å². The van der Waals surface area contributed by atoms with Gasteiger partial charge in [-0.3, -0.25) is 0 Å². The zero-order valence-electron chi connectivity index (χ0n) is 11.3. The molecule has 1 atom stereocenters. The Bertz CT molecular complexity index is 539. The first kappa shape index (κ1) is 12.8. The number of nitrogens with zero attached hydrogens (tertiary/aromatic N) is 1. The van der Waals surface area contributed by atoms with E-state index in [9.17, 15) is 0 Å². The molecule has 0 aliphatic carbocycles. The molecule has 18 heavy (non-hydrogen) atoms. The molecule has 0 bridgehead atoms. The number of fused-ring (bicyclic) bond motifs is 1. The number of hydrogen-bond acceptors (Lipinski definition) is 2. The maximum atomic E-state index is 4.30. The van der Waals surface area contributed by atoms with Gasteiger partial charge in [0.15, 0.2) is 0 Å². The fourth-order valence-corrected chi connectivity index (χ4v) is 1.99. The van der Waals surface area contributed by atoms with Crippen molar-refractivity contribution in [3.05, 3.63) is 35.7 Å². The number of pyridine rings is 1. The molecule has 1 unspecified atom stereocenters. The van der Waals surface area contributed by atoms with Gasteiger partial charge in [0.25, 0.3) is 0 Å². The molecular formula is C15H21N3. The van der Waals surface area contributed by atoms with Gasteiger partial charge in [0, 0.05) is 29.4 Å². The van der Waals surface area contributed by atoms with Crippen molar-refractivity contribution < 1.29 is 0 Å². The third-order valence-corrected chi connectivity index (χ3v) is 3.25.